The number of hydrogen-bond acceptors (Lipinski definition) is 5. The van der Waals surface area contributed by atoms with Crippen LogP contribution in [0, 0.1) is 0 Å². The molecule has 0 radical (unpaired) electrons. The van der Waals surface area contributed by atoms with Crippen LogP contribution in [0.15, 0.2) is 29.1 Å². The SMILES string of the molecule is CCOc1ccc2[nH]c(=O)c(CN(CC3CCCO3)C(=O)N3CCOCC3)cc2c1. The largest absolute Gasteiger partial charge is 0.494 e. The number of amides is 2. The van der Waals surface area contributed by atoms with E-state index in [9.17, 15) is 9.59 Å². The number of nitrogens with zero attached hydrogens (tertiary/aromatic N) is 2. The molecule has 8 heteroatoms. The molecule has 1 unspecified atom stereocenters. The van der Waals surface area contributed by atoms with E-state index in [-0.39, 0.29) is 24.2 Å². The molecule has 162 valence electrons. The van der Waals surface area contributed by atoms with E-state index in [4.69, 9.17) is 14.2 Å². The number of H-pyrrole nitrogens is 1. The summed E-state index contributed by atoms with van der Waals surface area (Å²) in [6.45, 7) is 6.15. The van der Waals surface area contributed by atoms with Crippen LogP contribution in [-0.4, -0.2) is 73.0 Å². The number of aromatic amines is 1. The zero-order valence-electron chi connectivity index (χ0n) is 17.4. The Bertz CT molecular complexity index is 932. The third-order valence-electron chi connectivity index (χ3n) is 5.56. The lowest BCUT2D eigenvalue weighted by molar-refractivity contribution is 0.0326. The van der Waals surface area contributed by atoms with Crippen LogP contribution in [0.2, 0.25) is 0 Å². The number of nitrogens with one attached hydrogen (secondary N) is 1. The first-order chi connectivity index (χ1) is 14.6. The molecule has 2 fully saturated rings. The molecule has 2 aromatic rings. The van der Waals surface area contributed by atoms with Gasteiger partial charge in [0.2, 0.25) is 0 Å². The molecule has 2 aliphatic heterocycles. The Balaban J connectivity index is 1.60. The summed E-state index contributed by atoms with van der Waals surface area (Å²) in [4.78, 5) is 32.4. The molecular weight excluding hydrogens is 386 g/mol. The lowest BCUT2D eigenvalue weighted by atomic mass is 10.1. The van der Waals surface area contributed by atoms with E-state index in [2.05, 4.69) is 4.98 Å². The maximum absolute atomic E-state index is 13.2. The van der Waals surface area contributed by atoms with E-state index in [1.54, 1.807) is 9.80 Å². The Labute approximate surface area is 175 Å². The second-order valence-electron chi connectivity index (χ2n) is 7.70. The molecule has 0 bridgehead atoms. The third-order valence-corrected chi connectivity index (χ3v) is 5.56. The molecular formula is C22H29N3O5. The monoisotopic (exact) mass is 415 g/mol. The van der Waals surface area contributed by atoms with Gasteiger partial charge < -0.3 is 29.0 Å². The van der Waals surface area contributed by atoms with E-state index in [0.29, 0.717) is 45.0 Å². The van der Waals surface area contributed by atoms with E-state index in [1.807, 2.05) is 31.2 Å². The molecule has 2 aliphatic rings. The molecule has 2 amide bonds. The predicted molar refractivity (Wildman–Crippen MR) is 113 cm³/mol. The van der Waals surface area contributed by atoms with Crippen LogP contribution in [-0.2, 0) is 16.0 Å². The van der Waals surface area contributed by atoms with Gasteiger partial charge in [-0.05, 0) is 44.0 Å². The number of morpholine rings is 1. The molecule has 4 rings (SSSR count). The van der Waals surface area contributed by atoms with Gasteiger partial charge in [0.05, 0.1) is 32.5 Å². The van der Waals surface area contributed by atoms with E-state index in [1.165, 1.54) is 0 Å². The van der Waals surface area contributed by atoms with Gasteiger partial charge in [-0.15, -0.1) is 0 Å². The van der Waals surface area contributed by atoms with Crippen molar-refractivity contribution in [2.24, 2.45) is 0 Å². The summed E-state index contributed by atoms with van der Waals surface area (Å²) in [5.41, 5.74) is 1.12. The van der Waals surface area contributed by atoms with Crippen LogP contribution >= 0.6 is 0 Å². The van der Waals surface area contributed by atoms with Crippen LogP contribution in [0.25, 0.3) is 10.9 Å². The number of benzene rings is 1. The number of rotatable bonds is 6. The Hall–Kier alpha value is -2.58. The smallest absolute Gasteiger partial charge is 0.320 e. The van der Waals surface area contributed by atoms with Crippen LogP contribution in [0.5, 0.6) is 5.75 Å². The summed E-state index contributed by atoms with van der Waals surface area (Å²) < 4.78 is 16.7. The average Bonchev–Trinajstić information content (AvgIpc) is 3.27. The van der Waals surface area contributed by atoms with E-state index < -0.39 is 0 Å². The summed E-state index contributed by atoms with van der Waals surface area (Å²) in [5.74, 6) is 0.753. The van der Waals surface area contributed by atoms with Gasteiger partial charge in [-0.3, -0.25) is 4.79 Å². The molecule has 0 saturated carbocycles. The summed E-state index contributed by atoms with van der Waals surface area (Å²) in [5, 5.41) is 0.881. The zero-order valence-corrected chi connectivity index (χ0v) is 17.4. The minimum Gasteiger partial charge on any atom is -0.494 e. The molecule has 2 saturated heterocycles. The number of ether oxygens (including phenoxy) is 3. The topological polar surface area (TPSA) is 84.1 Å². The number of fused-ring (bicyclic) bond motifs is 1. The second kappa shape index (κ2) is 9.49. The molecule has 0 aliphatic carbocycles. The first-order valence-electron chi connectivity index (χ1n) is 10.7. The van der Waals surface area contributed by atoms with Crippen molar-refractivity contribution in [2.45, 2.75) is 32.4 Å². The Morgan fingerprint density at radius 3 is 2.83 bits per heavy atom. The Morgan fingerprint density at radius 2 is 2.10 bits per heavy atom. The first kappa shape index (κ1) is 20.7. The van der Waals surface area contributed by atoms with Crippen molar-refractivity contribution in [3.05, 3.63) is 40.2 Å². The average molecular weight is 415 g/mol. The fourth-order valence-electron chi connectivity index (χ4n) is 4.01. The quantitative estimate of drug-likeness (QED) is 0.783. The summed E-state index contributed by atoms with van der Waals surface area (Å²) in [6, 6.07) is 7.37. The number of carbonyl (C=O) groups is 1. The maximum Gasteiger partial charge on any atom is 0.320 e. The second-order valence-corrected chi connectivity index (χ2v) is 7.70. The highest BCUT2D eigenvalue weighted by Gasteiger charge is 2.28. The van der Waals surface area contributed by atoms with Crippen molar-refractivity contribution in [1.29, 1.82) is 0 Å². The summed E-state index contributed by atoms with van der Waals surface area (Å²) >= 11 is 0. The van der Waals surface area contributed by atoms with E-state index >= 15 is 0 Å². The van der Waals surface area contributed by atoms with Gasteiger partial charge in [-0.2, -0.15) is 0 Å². The fourth-order valence-corrected chi connectivity index (χ4v) is 4.01. The highest BCUT2D eigenvalue weighted by atomic mass is 16.5. The highest BCUT2D eigenvalue weighted by Crippen LogP contribution is 2.21. The van der Waals surface area contributed by atoms with Crippen molar-refractivity contribution in [3.8, 4) is 5.75 Å². The standard InChI is InChI=1S/C22H29N3O5/c1-2-29-18-5-6-20-16(13-18)12-17(21(26)23-20)14-25(15-19-4-3-9-30-19)22(27)24-7-10-28-11-8-24/h5-6,12-13,19H,2-4,7-11,14-15H2,1H3,(H,23,26). The Morgan fingerprint density at radius 1 is 1.27 bits per heavy atom. The normalized spacial score (nSPS) is 19.2. The number of carbonyl (C=O) groups excluding carboxylic acids is 1. The number of aromatic nitrogens is 1. The van der Waals surface area contributed by atoms with Gasteiger partial charge in [0.1, 0.15) is 5.75 Å². The van der Waals surface area contributed by atoms with Crippen molar-refractivity contribution < 1.29 is 19.0 Å². The molecule has 3 heterocycles. The lowest BCUT2D eigenvalue weighted by Gasteiger charge is -2.34. The highest BCUT2D eigenvalue weighted by molar-refractivity contribution is 5.81. The summed E-state index contributed by atoms with van der Waals surface area (Å²) in [6.07, 6.45) is 1.94. The zero-order chi connectivity index (χ0) is 20.9. The van der Waals surface area contributed by atoms with Gasteiger partial charge >= 0.3 is 6.03 Å². The van der Waals surface area contributed by atoms with Crippen molar-refractivity contribution in [1.82, 2.24) is 14.8 Å². The third kappa shape index (κ3) is 4.76. The molecule has 1 aromatic carbocycles. The molecule has 30 heavy (non-hydrogen) atoms. The van der Waals surface area contributed by atoms with Crippen molar-refractivity contribution >= 4 is 16.9 Å². The maximum atomic E-state index is 13.2. The van der Waals surface area contributed by atoms with Gasteiger partial charge in [-0.1, -0.05) is 0 Å². The van der Waals surface area contributed by atoms with Gasteiger partial charge in [-0.25, -0.2) is 4.79 Å². The van der Waals surface area contributed by atoms with Gasteiger partial charge in [0.25, 0.3) is 5.56 Å². The van der Waals surface area contributed by atoms with Crippen LogP contribution in [0.4, 0.5) is 4.79 Å². The van der Waals surface area contributed by atoms with Crippen molar-refractivity contribution in [2.75, 3.05) is 46.1 Å². The molecule has 8 nitrogen and oxygen atoms in total. The molecule has 0 spiro atoms. The molecule has 1 aromatic heterocycles. The van der Waals surface area contributed by atoms with E-state index in [0.717, 1.165) is 36.1 Å². The minimum absolute atomic E-state index is 0.0130. The van der Waals surface area contributed by atoms with Crippen LogP contribution < -0.4 is 10.3 Å². The van der Waals surface area contributed by atoms with Crippen LogP contribution in [0.3, 0.4) is 0 Å². The minimum atomic E-state index is -0.182. The lowest BCUT2D eigenvalue weighted by Crippen LogP contribution is -2.50. The van der Waals surface area contributed by atoms with Gasteiger partial charge in [0.15, 0.2) is 0 Å². The fraction of sp³-hybridized carbons (Fsp3) is 0.545. The summed E-state index contributed by atoms with van der Waals surface area (Å²) in [7, 11) is 0. The van der Waals surface area contributed by atoms with Crippen molar-refractivity contribution in [3.63, 3.8) is 0 Å². The number of pyridine rings is 1. The van der Waals surface area contributed by atoms with Crippen LogP contribution in [0.1, 0.15) is 25.3 Å². The van der Waals surface area contributed by atoms with Gasteiger partial charge in [0, 0.05) is 42.7 Å². The number of urea groups is 1. The predicted octanol–water partition coefficient (Wildman–Crippen LogP) is 2.36. The molecule has 1 N–H and O–H groups in total. The Kier molecular flexibility index (Phi) is 6.54. The number of hydrogen-bond donors (Lipinski definition) is 1. The molecule has 1 atom stereocenters. The first-order valence-corrected chi connectivity index (χ1v) is 10.7.